The topological polar surface area (TPSA) is 61.0 Å². The zero-order valence-corrected chi connectivity index (χ0v) is 27.9. The van der Waals surface area contributed by atoms with Gasteiger partial charge in [0.15, 0.2) is 5.82 Å². The van der Waals surface area contributed by atoms with Gasteiger partial charge in [-0.3, -0.25) is 4.98 Å². The van der Waals surface area contributed by atoms with E-state index in [0.717, 1.165) is 94.9 Å². The maximum absolute atomic E-state index is 7.01. The average Bonchev–Trinajstić information content (AvgIpc) is 3.57. The molecule has 6 aromatic carbocycles. The zero-order chi connectivity index (χ0) is 34.4. The quantitative estimate of drug-likeness (QED) is 0.188. The summed E-state index contributed by atoms with van der Waals surface area (Å²) in [7, 11) is 0. The smallest absolute Gasteiger partial charge is 0.161 e. The molecule has 0 radical (unpaired) electrons. The normalized spacial score (nSPS) is 12.5. The molecule has 0 amide bonds. The van der Waals surface area contributed by atoms with Crippen molar-refractivity contribution >= 4 is 34.1 Å². The van der Waals surface area contributed by atoms with Crippen LogP contribution in [-0.4, -0.2) is 15.0 Å². The van der Waals surface area contributed by atoms with Gasteiger partial charge in [-0.25, -0.2) is 9.97 Å². The fourth-order valence-electron chi connectivity index (χ4n) is 7.08. The molecule has 0 aliphatic carbocycles. The highest BCUT2D eigenvalue weighted by molar-refractivity contribution is 6.07. The van der Waals surface area contributed by atoms with Crippen molar-refractivity contribution in [1.82, 2.24) is 15.0 Å². The van der Waals surface area contributed by atoms with Gasteiger partial charge in [-0.15, -0.1) is 0 Å². The molecule has 3 aromatic heterocycles. The van der Waals surface area contributed by atoms with Gasteiger partial charge in [0.2, 0.25) is 0 Å². The molecular formula is C47H29N3O2. The molecule has 5 heteroatoms. The fraction of sp³-hybridized carbons (Fsp3) is 0. The summed E-state index contributed by atoms with van der Waals surface area (Å²) in [5.74, 6) is 2.13. The van der Waals surface area contributed by atoms with Crippen LogP contribution < -0.4 is 4.74 Å². The number of hydrogen-bond acceptors (Lipinski definition) is 5. The predicted octanol–water partition coefficient (Wildman–Crippen LogP) is 12.4. The van der Waals surface area contributed by atoms with Crippen LogP contribution in [0.15, 0.2) is 168 Å². The van der Waals surface area contributed by atoms with E-state index in [1.54, 1.807) is 12.4 Å². The van der Waals surface area contributed by atoms with E-state index in [2.05, 4.69) is 108 Å². The number of hydrogen-bond donors (Lipinski definition) is 0. The second kappa shape index (κ2) is 12.3. The van der Waals surface area contributed by atoms with Crippen molar-refractivity contribution in [2.45, 2.75) is 0 Å². The summed E-state index contributed by atoms with van der Waals surface area (Å²) in [6.45, 7) is 0. The standard InChI is InChI=1S/C47H29N3O2/c1-2-12-32(13-3-1)41-28-42(50-47(49-41)34-14-10-24-48-29-34)33-23-22-31-21-20-30-11-4-5-15-35(30)36-16-6-8-18-43(36)51-46-26-39-37-17-7-9-19-44(37)52-45(39)27-40(46)38(31)25-33/h1-29H/b21-20-. The highest BCUT2D eigenvalue weighted by atomic mass is 16.5. The van der Waals surface area contributed by atoms with E-state index >= 15 is 0 Å². The van der Waals surface area contributed by atoms with E-state index < -0.39 is 0 Å². The Hall–Kier alpha value is -7.11. The molecule has 4 heterocycles. The summed E-state index contributed by atoms with van der Waals surface area (Å²) >= 11 is 0. The maximum Gasteiger partial charge on any atom is 0.161 e. The molecule has 244 valence electrons. The monoisotopic (exact) mass is 667 g/mol. The first kappa shape index (κ1) is 29.8. The van der Waals surface area contributed by atoms with Crippen molar-refractivity contribution in [3.05, 3.63) is 175 Å². The molecule has 0 unspecified atom stereocenters. The van der Waals surface area contributed by atoms with Gasteiger partial charge in [0.25, 0.3) is 0 Å². The van der Waals surface area contributed by atoms with Crippen LogP contribution in [0.2, 0.25) is 0 Å². The largest absolute Gasteiger partial charge is 0.456 e. The van der Waals surface area contributed by atoms with Crippen molar-refractivity contribution in [3.63, 3.8) is 0 Å². The first-order valence-corrected chi connectivity index (χ1v) is 17.2. The molecule has 0 saturated carbocycles. The molecule has 52 heavy (non-hydrogen) atoms. The molecule has 0 spiro atoms. The first-order valence-electron chi connectivity index (χ1n) is 17.2. The molecule has 0 N–H and O–H groups in total. The Bertz CT molecular complexity index is 2760. The van der Waals surface area contributed by atoms with Gasteiger partial charge in [0.1, 0.15) is 22.7 Å². The summed E-state index contributed by atoms with van der Waals surface area (Å²) in [5.41, 5.74) is 12.2. The number of nitrogens with zero attached hydrogens (tertiary/aromatic N) is 3. The minimum atomic E-state index is 0.613. The number of pyridine rings is 1. The first-order chi connectivity index (χ1) is 25.7. The van der Waals surface area contributed by atoms with E-state index in [0.29, 0.717) is 5.82 Å². The van der Waals surface area contributed by atoms with Crippen molar-refractivity contribution in [2.75, 3.05) is 0 Å². The average molecular weight is 668 g/mol. The van der Waals surface area contributed by atoms with Crippen LogP contribution in [0.1, 0.15) is 11.1 Å². The summed E-state index contributed by atoms with van der Waals surface area (Å²) in [6, 6.07) is 51.7. The number of para-hydroxylation sites is 2. The fourth-order valence-corrected chi connectivity index (χ4v) is 7.08. The minimum absolute atomic E-state index is 0.613. The second-order valence-electron chi connectivity index (χ2n) is 12.8. The van der Waals surface area contributed by atoms with Crippen LogP contribution in [-0.2, 0) is 0 Å². The predicted molar refractivity (Wildman–Crippen MR) is 210 cm³/mol. The molecule has 0 fully saturated rings. The Labute approximate surface area is 300 Å². The molecule has 1 aliphatic heterocycles. The Morgan fingerprint density at radius 3 is 2.02 bits per heavy atom. The van der Waals surface area contributed by atoms with Crippen LogP contribution in [0.3, 0.4) is 0 Å². The third-order valence-corrected chi connectivity index (χ3v) is 9.63. The molecule has 0 atom stereocenters. The number of benzene rings is 6. The molecule has 0 saturated heterocycles. The summed E-state index contributed by atoms with van der Waals surface area (Å²) < 4.78 is 13.5. The van der Waals surface area contributed by atoms with Crippen molar-refractivity contribution in [2.24, 2.45) is 0 Å². The van der Waals surface area contributed by atoms with E-state index in [9.17, 15) is 0 Å². The van der Waals surface area contributed by atoms with Gasteiger partial charge in [0.05, 0.1) is 11.4 Å². The molecule has 5 nitrogen and oxygen atoms in total. The van der Waals surface area contributed by atoms with Gasteiger partial charge in [-0.05, 0) is 70.8 Å². The van der Waals surface area contributed by atoms with E-state index in [1.165, 1.54) is 0 Å². The number of aromatic nitrogens is 3. The Morgan fingerprint density at radius 2 is 1.15 bits per heavy atom. The lowest BCUT2D eigenvalue weighted by atomic mass is 9.93. The van der Waals surface area contributed by atoms with Gasteiger partial charge < -0.3 is 9.15 Å². The van der Waals surface area contributed by atoms with Crippen molar-refractivity contribution in [3.8, 4) is 67.7 Å². The van der Waals surface area contributed by atoms with E-state index in [1.807, 2.05) is 60.7 Å². The molecule has 10 rings (SSSR count). The molecule has 0 bridgehead atoms. The van der Waals surface area contributed by atoms with E-state index in [-0.39, 0.29) is 0 Å². The van der Waals surface area contributed by atoms with Gasteiger partial charge in [-0.1, -0.05) is 115 Å². The van der Waals surface area contributed by atoms with Crippen LogP contribution in [0.4, 0.5) is 0 Å². The Morgan fingerprint density at radius 1 is 0.423 bits per heavy atom. The maximum atomic E-state index is 7.01. The lowest BCUT2D eigenvalue weighted by molar-refractivity contribution is 0.487. The highest BCUT2D eigenvalue weighted by Gasteiger charge is 2.21. The van der Waals surface area contributed by atoms with Gasteiger partial charge in [-0.2, -0.15) is 0 Å². The highest BCUT2D eigenvalue weighted by Crippen LogP contribution is 2.45. The molecule has 1 aliphatic rings. The van der Waals surface area contributed by atoms with Crippen LogP contribution in [0, 0.1) is 0 Å². The third kappa shape index (κ3) is 5.24. The number of ether oxygens (including phenoxy) is 1. The Balaban J connectivity index is 1.24. The number of furan rings is 1. The van der Waals surface area contributed by atoms with Crippen LogP contribution in [0.25, 0.3) is 90.2 Å². The van der Waals surface area contributed by atoms with Crippen molar-refractivity contribution in [1.29, 1.82) is 0 Å². The van der Waals surface area contributed by atoms with Gasteiger partial charge >= 0.3 is 0 Å². The van der Waals surface area contributed by atoms with E-state index in [4.69, 9.17) is 19.1 Å². The number of fused-ring (bicyclic) bond motifs is 9. The molecule has 9 aromatic rings. The minimum Gasteiger partial charge on any atom is -0.456 e. The van der Waals surface area contributed by atoms with Crippen LogP contribution >= 0.6 is 0 Å². The summed E-state index contributed by atoms with van der Waals surface area (Å²) in [5, 5.41) is 2.04. The van der Waals surface area contributed by atoms with Crippen LogP contribution in [0.5, 0.6) is 11.5 Å². The van der Waals surface area contributed by atoms with Gasteiger partial charge in [0, 0.05) is 51.0 Å². The SMILES string of the molecule is C1=C\c2ccc(-c3cc(-c4ccccc4)nc(-c4cccnc4)n3)cc2-c2cc3oc4ccccc4c3cc2Oc2ccccc2-c2ccccc2/1. The third-order valence-electron chi connectivity index (χ3n) is 9.63. The van der Waals surface area contributed by atoms with Crippen molar-refractivity contribution < 1.29 is 9.15 Å². The second-order valence-corrected chi connectivity index (χ2v) is 12.8. The Kier molecular flexibility index (Phi) is 7.07. The lowest BCUT2D eigenvalue weighted by Gasteiger charge is -2.17. The zero-order valence-electron chi connectivity index (χ0n) is 27.9. The molecular weight excluding hydrogens is 639 g/mol. The summed E-state index contributed by atoms with van der Waals surface area (Å²) in [6.07, 6.45) is 7.94. The summed E-state index contributed by atoms with van der Waals surface area (Å²) in [4.78, 5) is 14.5. The lowest BCUT2D eigenvalue weighted by Crippen LogP contribution is -1.97. The number of rotatable bonds is 3.